The van der Waals surface area contributed by atoms with Crippen LogP contribution in [0, 0.1) is 0 Å². The van der Waals surface area contributed by atoms with Crippen molar-refractivity contribution in [1.82, 2.24) is 9.80 Å². The summed E-state index contributed by atoms with van der Waals surface area (Å²) in [6.45, 7) is 18.1. The maximum Gasteiger partial charge on any atom is 0.0594 e. The van der Waals surface area contributed by atoms with Crippen LogP contribution in [0.2, 0.25) is 0 Å². The Morgan fingerprint density at radius 3 is 1.45 bits per heavy atom. The van der Waals surface area contributed by atoms with E-state index in [0.717, 1.165) is 78.5 Å². The molecule has 22 heavy (non-hydrogen) atoms. The molecule has 0 aromatic heterocycles. The van der Waals surface area contributed by atoms with Crippen LogP contribution in [-0.4, -0.2) is 75.5 Å². The zero-order chi connectivity index (χ0) is 15.6. The Hall–Kier alpha value is -0.940. The highest BCUT2D eigenvalue weighted by atomic mass is 16.5. The molecule has 4 nitrogen and oxygen atoms in total. The minimum absolute atomic E-state index is 0.862. The maximum absolute atomic E-state index is 5.36. The molecule has 2 heterocycles. The molecule has 2 aliphatic rings. The standard InChI is InChI=1S/C18H30N2O2/c1-17(5-7-19-9-13-21-14-10-19)3-4-18(2)6-8-20-11-15-22-16-12-20/h3-4H,1-2,5-16H2. The molecule has 2 aliphatic heterocycles. The van der Waals surface area contributed by atoms with Crippen LogP contribution >= 0.6 is 0 Å². The Morgan fingerprint density at radius 2 is 1.09 bits per heavy atom. The van der Waals surface area contributed by atoms with Crippen molar-refractivity contribution in [2.24, 2.45) is 0 Å². The van der Waals surface area contributed by atoms with Crippen LogP contribution in [0.4, 0.5) is 0 Å². The van der Waals surface area contributed by atoms with Crippen LogP contribution < -0.4 is 0 Å². The second kappa shape index (κ2) is 9.95. The lowest BCUT2D eigenvalue weighted by Gasteiger charge is -2.26. The molecule has 0 atom stereocenters. The van der Waals surface area contributed by atoms with E-state index in [9.17, 15) is 0 Å². The van der Waals surface area contributed by atoms with Gasteiger partial charge in [-0.25, -0.2) is 0 Å². The van der Waals surface area contributed by atoms with E-state index in [0.29, 0.717) is 0 Å². The lowest BCUT2D eigenvalue weighted by Crippen LogP contribution is -2.36. The van der Waals surface area contributed by atoms with Gasteiger partial charge in [-0.05, 0) is 12.8 Å². The van der Waals surface area contributed by atoms with E-state index >= 15 is 0 Å². The first kappa shape index (κ1) is 17.4. The predicted octanol–water partition coefficient (Wildman–Crippen LogP) is 2.10. The van der Waals surface area contributed by atoms with Crippen molar-refractivity contribution in [3.63, 3.8) is 0 Å². The first-order valence-electron chi connectivity index (χ1n) is 8.38. The average Bonchev–Trinajstić information content (AvgIpc) is 2.58. The van der Waals surface area contributed by atoms with Crippen LogP contribution in [0.1, 0.15) is 12.8 Å². The van der Waals surface area contributed by atoms with Crippen molar-refractivity contribution < 1.29 is 9.47 Å². The molecule has 2 saturated heterocycles. The van der Waals surface area contributed by atoms with Crippen LogP contribution in [-0.2, 0) is 9.47 Å². The Balaban J connectivity index is 1.58. The summed E-state index contributed by atoms with van der Waals surface area (Å²) in [5.74, 6) is 0. The molecule has 4 heteroatoms. The molecule has 0 unspecified atom stereocenters. The van der Waals surface area contributed by atoms with Crippen molar-refractivity contribution in [3.8, 4) is 0 Å². The fraction of sp³-hybridized carbons (Fsp3) is 0.667. The van der Waals surface area contributed by atoms with Gasteiger partial charge in [-0.1, -0.05) is 36.5 Å². The lowest BCUT2D eigenvalue weighted by molar-refractivity contribution is 0.0384. The van der Waals surface area contributed by atoms with Gasteiger partial charge in [-0.2, -0.15) is 0 Å². The van der Waals surface area contributed by atoms with Crippen LogP contribution in [0.25, 0.3) is 0 Å². The minimum Gasteiger partial charge on any atom is -0.379 e. The Bertz CT molecular complexity index is 345. The molecule has 2 fully saturated rings. The molecule has 0 aliphatic carbocycles. The summed E-state index contributed by atoms with van der Waals surface area (Å²) >= 11 is 0. The van der Waals surface area contributed by atoms with Gasteiger partial charge in [0, 0.05) is 39.3 Å². The van der Waals surface area contributed by atoms with Crippen molar-refractivity contribution in [3.05, 3.63) is 36.5 Å². The zero-order valence-electron chi connectivity index (χ0n) is 13.8. The van der Waals surface area contributed by atoms with Gasteiger partial charge in [0.05, 0.1) is 26.4 Å². The number of ether oxygens (including phenoxy) is 2. The SMILES string of the molecule is C=C(C=CC(=C)CCN1CCOCC1)CCN1CCOCC1. The number of nitrogens with zero attached hydrogens (tertiary/aromatic N) is 2. The molecule has 2 rings (SSSR count). The number of morpholine rings is 2. The molecule has 0 saturated carbocycles. The first-order valence-corrected chi connectivity index (χ1v) is 8.38. The minimum atomic E-state index is 0.862. The van der Waals surface area contributed by atoms with E-state index in [2.05, 4.69) is 35.1 Å². The van der Waals surface area contributed by atoms with Gasteiger partial charge in [0.2, 0.25) is 0 Å². The van der Waals surface area contributed by atoms with Gasteiger partial charge >= 0.3 is 0 Å². The molecular formula is C18H30N2O2. The van der Waals surface area contributed by atoms with Gasteiger partial charge in [0.1, 0.15) is 0 Å². The van der Waals surface area contributed by atoms with E-state index < -0.39 is 0 Å². The van der Waals surface area contributed by atoms with E-state index in [4.69, 9.17) is 9.47 Å². The number of hydrogen-bond acceptors (Lipinski definition) is 4. The van der Waals surface area contributed by atoms with E-state index in [1.807, 2.05) is 0 Å². The molecule has 0 radical (unpaired) electrons. The second-order valence-corrected chi connectivity index (χ2v) is 6.06. The highest BCUT2D eigenvalue weighted by molar-refractivity contribution is 5.24. The quantitative estimate of drug-likeness (QED) is 0.641. The normalized spacial score (nSPS) is 21.3. The Morgan fingerprint density at radius 1 is 0.727 bits per heavy atom. The third-order valence-electron chi connectivity index (χ3n) is 4.26. The van der Waals surface area contributed by atoms with Crippen LogP contribution in [0.5, 0.6) is 0 Å². The van der Waals surface area contributed by atoms with E-state index in [-0.39, 0.29) is 0 Å². The topological polar surface area (TPSA) is 24.9 Å². The molecule has 0 aromatic carbocycles. The highest BCUT2D eigenvalue weighted by Crippen LogP contribution is 2.09. The predicted molar refractivity (Wildman–Crippen MR) is 91.2 cm³/mol. The number of rotatable bonds is 8. The third kappa shape index (κ3) is 6.88. The van der Waals surface area contributed by atoms with Crippen LogP contribution in [0.3, 0.4) is 0 Å². The summed E-state index contributed by atoms with van der Waals surface area (Å²) < 4.78 is 10.7. The monoisotopic (exact) mass is 306 g/mol. The van der Waals surface area contributed by atoms with Crippen molar-refractivity contribution in [2.45, 2.75) is 12.8 Å². The highest BCUT2D eigenvalue weighted by Gasteiger charge is 2.10. The Labute approximate surface area is 135 Å². The molecule has 124 valence electrons. The summed E-state index contributed by atoms with van der Waals surface area (Å²) in [4.78, 5) is 4.88. The van der Waals surface area contributed by atoms with Crippen molar-refractivity contribution in [2.75, 3.05) is 65.7 Å². The van der Waals surface area contributed by atoms with Gasteiger partial charge in [0.25, 0.3) is 0 Å². The second-order valence-electron chi connectivity index (χ2n) is 6.06. The lowest BCUT2D eigenvalue weighted by atomic mass is 10.1. The van der Waals surface area contributed by atoms with E-state index in [1.165, 1.54) is 11.1 Å². The van der Waals surface area contributed by atoms with Gasteiger partial charge in [-0.3, -0.25) is 9.80 Å². The van der Waals surface area contributed by atoms with Gasteiger partial charge in [0.15, 0.2) is 0 Å². The summed E-state index contributed by atoms with van der Waals surface area (Å²) in [7, 11) is 0. The molecular weight excluding hydrogens is 276 g/mol. The fourth-order valence-corrected chi connectivity index (χ4v) is 2.66. The maximum atomic E-state index is 5.36. The molecule has 0 amide bonds. The van der Waals surface area contributed by atoms with Gasteiger partial charge < -0.3 is 9.47 Å². The molecule has 0 N–H and O–H groups in total. The molecule has 0 bridgehead atoms. The summed E-state index contributed by atoms with van der Waals surface area (Å²) in [5, 5.41) is 0. The van der Waals surface area contributed by atoms with E-state index in [1.54, 1.807) is 0 Å². The fourth-order valence-electron chi connectivity index (χ4n) is 2.66. The summed E-state index contributed by atoms with van der Waals surface area (Å²) in [5.41, 5.74) is 2.36. The van der Waals surface area contributed by atoms with Crippen LogP contribution in [0.15, 0.2) is 36.5 Å². The number of allylic oxidation sites excluding steroid dienone is 2. The smallest absolute Gasteiger partial charge is 0.0594 e. The summed E-state index contributed by atoms with van der Waals surface area (Å²) in [6, 6.07) is 0. The molecule has 0 aromatic rings. The first-order chi connectivity index (χ1) is 10.7. The van der Waals surface area contributed by atoms with Crippen molar-refractivity contribution >= 4 is 0 Å². The largest absolute Gasteiger partial charge is 0.379 e. The Kier molecular flexibility index (Phi) is 7.88. The number of hydrogen-bond donors (Lipinski definition) is 0. The van der Waals surface area contributed by atoms with Crippen molar-refractivity contribution in [1.29, 1.82) is 0 Å². The summed E-state index contributed by atoms with van der Waals surface area (Å²) in [6.07, 6.45) is 6.30. The zero-order valence-corrected chi connectivity index (χ0v) is 13.8. The van der Waals surface area contributed by atoms with Gasteiger partial charge in [-0.15, -0.1) is 0 Å². The molecule has 0 spiro atoms. The average molecular weight is 306 g/mol. The third-order valence-corrected chi connectivity index (χ3v) is 4.26.